The molecule has 1 aromatic heterocycles. The van der Waals surface area contributed by atoms with Crippen LogP contribution in [0.15, 0.2) is 29.2 Å². The third-order valence-electron chi connectivity index (χ3n) is 3.46. The van der Waals surface area contributed by atoms with Crippen molar-refractivity contribution in [2.75, 3.05) is 24.2 Å². The summed E-state index contributed by atoms with van der Waals surface area (Å²) in [5, 5.41) is 10.2. The average molecular weight is 289 g/mol. The lowest BCUT2D eigenvalue weighted by Gasteiger charge is -2.39. The zero-order valence-corrected chi connectivity index (χ0v) is 11.9. The van der Waals surface area contributed by atoms with Crippen molar-refractivity contribution in [1.82, 2.24) is 4.98 Å². The van der Waals surface area contributed by atoms with Gasteiger partial charge in [-0.05, 0) is 30.5 Å². The Morgan fingerprint density at radius 2 is 2.20 bits per heavy atom. The number of thioether (sulfide) groups is 1. The summed E-state index contributed by atoms with van der Waals surface area (Å²) in [6, 6.07) is 7.75. The molecule has 0 bridgehead atoms. The molecule has 0 aliphatic carbocycles. The molecule has 1 aliphatic heterocycles. The lowest BCUT2D eigenvalue weighted by molar-refractivity contribution is 0.0691. The zero-order valence-electron chi connectivity index (χ0n) is 11.0. The lowest BCUT2D eigenvalue weighted by Crippen LogP contribution is -2.56. The number of hydrogen-bond donors (Lipinski definition) is 2. The predicted molar refractivity (Wildman–Crippen MR) is 80.7 cm³/mol. The van der Waals surface area contributed by atoms with Gasteiger partial charge in [0.2, 0.25) is 0 Å². The lowest BCUT2D eigenvalue weighted by atomic mass is 10.1. The van der Waals surface area contributed by atoms with E-state index < -0.39 is 5.97 Å². The largest absolute Gasteiger partial charge is 0.477 e. The van der Waals surface area contributed by atoms with Gasteiger partial charge in [-0.1, -0.05) is 0 Å². The summed E-state index contributed by atoms with van der Waals surface area (Å²) in [5.74, 6) is -1.01. The molecule has 0 unspecified atom stereocenters. The van der Waals surface area contributed by atoms with Crippen molar-refractivity contribution in [2.24, 2.45) is 5.73 Å². The van der Waals surface area contributed by atoms with E-state index in [9.17, 15) is 9.90 Å². The van der Waals surface area contributed by atoms with E-state index in [2.05, 4.69) is 9.88 Å². The molecule has 5 nitrogen and oxygen atoms in total. The van der Waals surface area contributed by atoms with Gasteiger partial charge in [0.05, 0.1) is 5.52 Å². The maximum Gasteiger partial charge on any atom is 0.354 e. The minimum atomic E-state index is -1.01. The number of carboxylic acid groups (broad SMARTS) is 1. The molecule has 2 aromatic rings. The molecule has 1 aromatic carbocycles. The van der Waals surface area contributed by atoms with Gasteiger partial charge < -0.3 is 15.7 Å². The minimum Gasteiger partial charge on any atom is -0.477 e. The predicted octanol–water partition coefficient (Wildman–Crippen LogP) is 1.80. The van der Waals surface area contributed by atoms with Crippen LogP contribution in [0.1, 0.15) is 10.5 Å². The second kappa shape index (κ2) is 4.96. The van der Waals surface area contributed by atoms with Crippen LogP contribution in [0.3, 0.4) is 0 Å². The molecule has 20 heavy (non-hydrogen) atoms. The summed E-state index contributed by atoms with van der Waals surface area (Å²) in [7, 11) is 0. The first-order valence-electron chi connectivity index (χ1n) is 6.31. The number of nitrogens with two attached hydrogens (primary N) is 1. The van der Waals surface area contributed by atoms with Gasteiger partial charge in [0.1, 0.15) is 0 Å². The van der Waals surface area contributed by atoms with E-state index in [-0.39, 0.29) is 11.7 Å². The number of aromatic carboxylic acids is 1. The smallest absolute Gasteiger partial charge is 0.354 e. The number of hydrogen-bond acceptors (Lipinski definition) is 5. The van der Waals surface area contributed by atoms with Crippen molar-refractivity contribution in [2.45, 2.75) is 10.9 Å². The fourth-order valence-electron chi connectivity index (χ4n) is 2.40. The van der Waals surface area contributed by atoms with Crippen molar-refractivity contribution < 1.29 is 9.90 Å². The minimum absolute atomic E-state index is 0.0752. The van der Waals surface area contributed by atoms with Gasteiger partial charge in [0.25, 0.3) is 0 Å². The molecular formula is C14H15N3O2S. The molecule has 2 heterocycles. The van der Waals surface area contributed by atoms with Crippen molar-refractivity contribution in [3.63, 3.8) is 0 Å². The summed E-state index contributed by atoms with van der Waals surface area (Å²) in [6.45, 7) is 1.50. The third kappa shape index (κ3) is 2.21. The van der Waals surface area contributed by atoms with Crippen LogP contribution in [0.2, 0.25) is 0 Å². The van der Waals surface area contributed by atoms with Gasteiger partial charge in [0.15, 0.2) is 5.69 Å². The van der Waals surface area contributed by atoms with Gasteiger partial charge >= 0.3 is 5.97 Å². The van der Waals surface area contributed by atoms with Crippen LogP contribution in [0, 0.1) is 0 Å². The van der Waals surface area contributed by atoms with E-state index in [0.717, 1.165) is 29.1 Å². The van der Waals surface area contributed by atoms with Crippen LogP contribution < -0.4 is 10.6 Å². The fraction of sp³-hybridized carbons (Fsp3) is 0.286. The van der Waals surface area contributed by atoms with Gasteiger partial charge in [0, 0.05) is 35.1 Å². The van der Waals surface area contributed by atoms with Crippen LogP contribution in [0.5, 0.6) is 0 Å². The maximum atomic E-state index is 11.2. The van der Waals surface area contributed by atoms with Crippen molar-refractivity contribution in [3.8, 4) is 0 Å². The van der Waals surface area contributed by atoms with Crippen LogP contribution in [0.25, 0.3) is 10.9 Å². The van der Waals surface area contributed by atoms with Gasteiger partial charge in [-0.3, -0.25) is 0 Å². The topological polar surface area (TPSA) is 79.5 Å². The molecule has 6 heteroatoms. The normalized spacial score (nSPS) is 15.4. The molecule has 1 saturated heterocycles. The van der Waals surface area contributed by atoms with Crippen LogP contribution in [-0.2, 0) is 0 Å². The number of nitrogens with zero attached hydrogens (tertiary/aromatic N) is 2. The van der Waals surface area contributed by atoms with E-state index in [1.54, 1.807) is 17.8 Å². The molecule has 1 fully saturated rings. The standard InChI is InChI=1S/C14H15N3O2S/c1-20-9-2-3-10-11(4-9)16-12(14(18)19)5-13(10)17-6-8(15)7-17/h2-5,8H,6-7,15H2,1H3,(H,18,19). The van der Waals surface area contributed by atoms with E-state index in [1.807, 2.05) is 24.5 Å². The summed E-state index contributed by atoms with van der Waals surface area (Å²) in [5.41, 5.74) is 7.51. The molecule has 0 amide bonds. The molecule has 0 radical (unpaired) electrons. The first-order valence-corrected chi connectivity index (χ1v) is 7.53. The number of rotatable bonds is 3. The summed E-state index contributed by atoms with van der Waals surface area (Å²) in [6.07, 6.45) is 1.98. The summed E-state index contributed by atoms with van der Waals surface area (Å²) < 4.78 is 0. The molecule has 3 rings (SSSR count). The highest BCUT2D eigenvalue weighted by molar-refractivity contribution is 7.98. The molecule has 0 spiro atoms. The third-order valence-corrected chi connectivity index (χ3v) is 4.19. The van der Waals surface area contributed by atoms with Crippen LogP contribution in [-0.4, -0.2) is 41.4 Å². The molecule has 1 aliphatic rings. The number of aromatic nitrogens is 1. The van der Waals surface area contributed by atoms with Crippen LogP contribution in [0.4, 0.5) is 5.69 Å². The van der Waals surface area contributed by atoms with Crippen molar-refractivity contribution in [1.29, 1.82) is 0 Å². The van der Waals surface area contributed by atoms with Crippen molar-refractivity contribution >= 4 is 34.3 Å². The Bertz CT molecular complexity index is 683. The highest BCUT2D eigenvalue weighted by Crippen LogP contribution is 2.31. The Morgan fingerprint density at radius 1 is 1.45 bits per heavy atom. The second-order valence-electron chi connectivity index (χ2n) is 4.88. The molecule has 0 saturated carbocycles. The maximum absolute atomic E-state index is 11.2. The first kappa shape index (κ1) is 13.2. The number of fused-ring (bicyclic) bond motifs is 1. The zero-order chi connectivity index (χ0) is 14.3. The number of carbonyl (C=O) groups is 1. The monoisotopic (exact) mass is 289 g/mol. The highest BCUT2D eigenvalue weighted by atomic mass is 32.2. The quantitative estimate of drug-likeness (QED) is 0.839. The van der Waals surface area contributed by atoms with E-state index in [0.29, 0.717) is 5.52 Å². The summed E-state index contributed by atoms with van der Waals surface area (Å²) in [4.78, 5) is 18.6. The van der Waals surface area contributed by atoms with Crippen LogP contribution >= 0.6 is 11.8 Å². The average Bonchev–Trinajstić information content (AvgIpc) is 2.42. The molecule has 104 valence electrons. The molecule has 0 atom stereocenters. The van der Waals surface area contributed by atoms with E-state index in [1.165, 1.54) is 0 Å². The van der Waals surface area contributed by atoms with Crippen molar-refractivity contribution in [3.05, 3.63) is 30.0 Å². The Kier molecular flexibility index (Phi) is 3.27. The Morgan fingerprint density at radius 3 is 2.80 bits per heavy atom. The van der Waals surface area contributed by atoms with Gasteiger partial charge in [-0.15, -0.1) is 11.8 Å². The SMILES string of the molecule is CSc1ccc2c(N3CC(N)C3)cc(C(=O)O)nc2c1. The Labute approximate surface area is 120 Å². The van der Waals surface area contributed by atoms with Gasteiger partial charge in [-0.25, -0.2) is 9.78 Å². The summed E-state index contributed by atoms with van der Waals surface area (Å²) >= 11 is 1.61. The van der Waals surface area contributed by atoms with Gasteiger partial charge in [-0.2, -0.15) is 0 Å². The first-order chi connectivity index (χ1) is 9.58. The Hall–Kier alpha value is -1.79. The fourth-order valence-corrected chi connectivity index (χ4v) is 2.83. The second-order valence-corrected chi connectivity index (χ2v) is 5.76. The van der Waals surface area contributed by atoms with E-state index >= 15 is 0 Å². The number of pyridine rings is 1. The number of benzene rings is 1. The Balaban J connectivity index is 2.17. The highest BCUT2D eigenvalue weighted by Gasteiger charge is 2.26. The van der Waals surface area contributed by atoms with E-state index in [4.69, 9.17) is 5.73 Å². The number of carboxylic acids is 1. The molecule has 3 N–H and O–H groups in total. The molecular weight excluding hydrogens is 274 g/mol. The number of anilines is 1.